The molecule has 2 aromatic carbocycles. The Morgan fingerprint density at radius 2 is 1.86 bits per heavy atom. The van der Waals surface area contributed by atoms with Gasteiger partial charge in [-0.2, -0.15) is 5.26 Å². The van der Waals surface area contributed by atoms with Crippen LogP contribution in [0.2, 0.25) is 9.36 Å². The van der Waals surface area contributed by atoms with E-state index in [1.54, 1.807) is 24.3 Å². The third-order valence-electron chi connectivity index (χ3n) is 3.07. The normalized spacial score (nSPS) is 10.5. The summed E-state index contributed by atoms with van der Waals surface area (Å²) in [6.07, 6.45) is 0. The maximum absolute atomic E-state index is 8.77. The van der Waals surface area contributed by atoms with Gasteiger partial charge in [-0.1, -0.05) is 23.2 Å². The van der Waals surface area contributed by atoms with Gasteiger partial charge in [0.05, 0.1) is 11.6 Å². The van der Waals surface area contributed by atoms with Gasteiger partial charge in [-0.3, -0.25) is 0 Å². The Morgan fingerprint density at radius 3 is 2.57 bits per heavy atom. The number of halogens is 2. The third kappa shape index (κ3) is 2.98. The second-order valence-electron chi connectivity index (χ2n) is 4.42. The lowest BCUT2D eigenvalue weighted by Gasteiger charge is -2.06. The molecule has 1 heterocycles. The number of thiophene rings is 1. The lowest BCUT2D eigenvalue weighted by molar-refractivity contribution is 0.308. The van der Waals surface area contributed by atoms with Crippen LogP contribution >= 0.6 is 34.5 Å². The van der Waals surface area contributed by atoms with Crippen LogP contribution in [0, 0.1) is 11.3 Å². The minimum atomic E-state index is 0.366. The number of hydrogen-bond donors (Lipinski definition) is 0. The van der Waals surface area contributed by atoms with Gasteiger partial charge >= 0.3 is 0 Å². The van der Waals surface area contributed by atoms with E-state index in [4.69, 9.17) is 33.2 Å². The van der Waals surface area contributed by atoms with Gasteiger partial charge in [-0.15, -0.1) is 11.3 Å². The summed E-state index contributed by atoms with van der Waals surface area (Å²) < 4.78 is 7.54. The summed E-state index contributed by atoms with van der Waals surface area (Å²) in [5.74, 6) is 0.700. The van der Waals surface area contributed by atoms with Gasteiger partial charge in [-0.25, -0.2) is 0 Å². The van der Waals surface area contributed by atoms with Gasteiger partial charge in [0.1, 0.15) is 16.7 Å². The molecular formula is C16H9Cl2NOS. The Balaban J connectivity index is 1.86. The SMILES string of the molecule is N#Cc1ccc(OCc2c(Cl)sc3ccc(Cl)cc23)cc1. The van der Waals surface area contributed by atoms with Crippen LogP contribution in [0.5, 0.6) is 5.75 Å². The topological polar surface area (TPSA) is 33.0 Å². The second-order valence-corrected chi connectivity index (χ2v) is 6.51. The van der Waals surface area contributed by atoms with E-state index < -0.39 is 0 Å². The molecule has 0 aliphatic carbocycles. The zero-order chi connectivity index (χ0) is 14.8. The summed E-state index contributed by atoms with van der Waals surface area (Å²) in [7, 11) is 0. The minimum Gasteiger partial charge on any atom is -0.489 e. The molecule has 0 bridgehead atoms. The average Bonchev–Trinajstić information content (AvgIpc) is 2.80. The van der Waals surface area contributed by atoms with Crippen molar-refractivity contribution in [3.05, 3.63) is 63.0 Å². The number of hydrogen-bond acceptors (Lipinski definition) is 3. The molecule has 0 spiro atoms. The Hall–Kier alpha value is -1.73. The van der Waals surface area contributed by atoms with E-state index in [-0.39, 0.29) is 0 Å². The largest absolute Gasteiger partial charge is 0.489 e. The Labute approximate surface area is 136 Å². The van der Waals surface area contributed by atoms with Gasteiger partial charge < -0.3 is 4.74 Å². The van der Waals surface area contributed by atoms with Crippen LogP contribution in [0.3, 0.4) is 0 Å². The predicted molar refractivity (Wildman–Crippen MR) is 87.3 cm³/mol. The van der Waals surface area contributed by atoms with Crippen molar-refractivity contribution < 1.29 is 4.74 Å². The molecule has 0 fully saturated rings. The fourth-order valence-electron chi connectivity index (χ4n) is 2.01. The second kappa shape index (κ2) is 5.95. The van der Waals surface area contributed by atoms with Gasteiger partial charge in [0.25, 0.3) is 0 Å². The minimum absolute atomic E-state index is 0.366. The standard InChI is InChI=1S/C16H9Cl2NOS/c17-11-3-6-15-13(7-11)14(16(18)21-15)9-20-12-4-1-10(8-19)2-5-12/h1-7H,9H2. The first-order chi connectivity index (χ1) is 10.2. The highest BCUT2D eigenvalue weighted by Gasteiger charge is 2.11. The predicted octanol–water partition coefficient (Wildman–Crippen LogP) is 5.66. The smallest absolute Gasteiger partial charge is 0.119 e. The molecule has 0 unspecified atom stereocenters. The van der Waals surface area contributed by atoms with E-state index >= 15 is 0 Å². The van der Waals surface area contributed by atoms with Crippen LogP contribution in [0.1, 0.15) is 11.1 Å². The molecule has 2 nitrogen and oxygen atoms in total. The quantitative estimate of drug-likeness (QED) is 0.619. The van der Waals surface area contributed by atoms with Crippen molar-refractivity contribution in [1.82, 2.24) is 0 Å². The molecule has 0 N–H and O–H groups in total. The van der Waals surface area contributed by atoms with Gasteiger partial charge in [0.15, 0.2) is 0 Å². The molecule has 0 amide bonds. The lowest BCUT2D eigenvalue weighted by Crippen LogP contribution is -1.95. The zero-order valence-corrected chi connectivity index (χ0v) is 13.1. The van der Waals surface area contributed by atoms with E-state index in [1.165, 1.54) is 11.3 Å². The highest BCUT2D eigenvalue weighted by atomic mass is 35.5. The molecule has 0 aliphatic rings. The van der Waals surface area contributed by atoms with E-state index in [2.05, 4.69) is 6.07 Å². The van der Waals surface area contributed by atoms with Crippen LogP contribution in [-0.4, -0.2) is 0 Å². The van der Waals surface area contributed by atoms with E-state index in [9.17, 15) is 0 Å². The summed E-state index contributed by atoms with van der Waals surface area (Å²) in [5, 5.41) is 10.5. The monoisotopic (exact) mass is 333 g/mol. The highest BCUT2D eigenvalue weighted by molar-refractivity contribution is 7.22. The van der Waals surface area contributed by atoms with Crippen LogP contribution < -0.4 is 4.74 Å². The number of nitriles is 1. The fraction of sp³-hybridized carbons (Fsp3) is 0.0625. The lowest BCUT2D eigenvalue weighted by atomic mass is 10.2. The summed E-state index contributed by atoms with van der Waals surface area (Å²) in [6.45, 7) is 0.366. The summed E-state index contributed by atoms with van der Waals surface area (Å²) in [4.78, 5) is 0. The molecule has 1 aromatic heterocycles. The number of benzene rings is 2. The Bertz CT molecular complexity index is 834. The molecule has 3 aromatic rings. The van der Waals surface area contributed by atoms with Crippen molar-refractivity contribution in [2.75, 3.05) is 0 Å². The molecule has 21 heavy (non-hydrogen) atoms. The van der Waals surface area contributed by atoms with Crippen LogP contribution in [0.15, 0.2) is 42.5 Å². The van der Waals surface area contributed by atoms with Crippen LogP contribution in [-0.2, 0) is 6.61 Å². The van der Waals surface area contributed by atoms with Crippen molar-refractivity contribution in [1.29, 1.82) is 5.26 Å². The summed E-state index contributed by atoms with van der Waals surface area (Å²) in [5.41, 5.74) is 1.54. The molecule has 0 saturated heterocycles. The molecular weight excluding hydrogens is 325 g/mol. The molecule has 0 radical (unpaired) electrons. The maximum atomic E-state index is 8.77. The molecule has 5 heteroatoms. The van der Waals surface area contributed by atoms with Crippen molar-refractivity contribution in [2.45, 2.75) is 6.61 Å². The number of ether oxygens (including phenoxy) is 1. The van der Waals surface area contributed by atoms with E-state index in [0.717, 1.165) is 15.6 Å². The van der Waals surface area contributed by atoms with Gasteiger partial charge in [0.2, 0.25) is 0 Å². The maximum Gasteiger partial charge on any atom is 0.119 e. The Kier molecular flexibility index (Phi) is 4.03. The summed E-state index contributed by atoms with van der Waals surface area (Å²) >= 11 is 13.8. The molecule has 3 rings (SSSR count). The van der Waals surface area contributed by atoms with Crippen molar-refractivity contribution in [2.24, 2.45) is 0 Å². The van der Waals surface area contributed by atoms with E-state index in [1.807, 2.05) is 18.2 Å². The highest BCUT2D eigenvalue weighted by Crippen LogP contribution is 2.37. The van der Waals surface area contributed by atoms with Crippen molar-refractivity contribution in [3.8, 4) is 11.8 Å². The average molecular weight is 334 g/mol. The zero-order valence-electron chi connectivity index (χ0n) is 10.8. The molecule has 0 saturated carbocycles. The van der Waals surface area contributed by atoms with Crippen molar-refractivity contribution in [3.63, 3.8) is 0 Å². The third-order valence-corrected chi connectivity index (χ3v) is 4.77. The van der Waals surface area contributed by atoms with Crippen molar-refractivity contribution >= 4 is 44.6 Å². The first-order valence-electron chi connectivity index (χ1n) is 6.17. The molecule has 0 aliphatic heterocycles. The number of nitrogens with zero attached hydrogens (tertiary/aromatic N) is 1. The van der Waals surface area contributed by atoms with Crippen LogP contribution in [0.4, 0.5) is 0 Å². The number of fused-ring (bicyclic) bond motifs is 1. The summed E-state index contributed by atoms with van der Waals surface area (Å²) in [6, 6.07) is 14.8. The Morgan fingerprint density at radius 1 is 1.10 bits per heavy atom. The van der Waals surface area contributed by atoms with Gasteiger partial charge in [0, 0.05) is 20.7 Å². The first-order valence-corrected chi connectivity index (χ1v) is 7.74. The van der Waals surface area contributed by atoms with Gasteiger partial charge in [-0.05, 0) is 42.5 Å². The first kappa shape index (κ1) is 14.2. The molecule has 0 atom stereocenters. The van der Waals surface area contributed by atoms with Crippen LogP contribution in [0.25, 0.3) is 10.1 Å². The number of rotatable bonds is 3. The van der Waals surface area contributed by atoms with E-state index in [0.29, 0.717) is 27.3 Å². The molecule has 104 valence electrons. The fourth-order valence-corrected chi connectivity index (χ4v) is 3.50.